The Kier molecular flexibility index (Phi) is 4.18. The first-order valence-electron chi connectivity index (χ1n) is 8.15. The van der Waals surface area contributed by atoms with Gasteiger partial charge in [-0.15, -0.1) is 0 Å². The zero-order chi connectivity index (χ0) is 17.9. The van der Waals surface area contributed by atoms with Crippen molar-refractivity contribution >= 4 is 6.09 Å². The molecule has 132 valence electrons. The molecule has 1 N–H and O–H groups in total. The van der Waals surface area contributed by atoms with E-state index in [0.717, 1.165) is 16.9 Å². The zero-order valence-corrected chi connectivity index (χ0v) is 14.1. The molecule has 0 unspecified atom stereocenters. The minimum absolute atomic E-state index is 0.221. The highest BCUT2D eigenvalue weighted by atomic mass is 16.7. The molecular formula is C19H17N3O4. The maximum Gasteiger partial charge on any atom is 0.412 e. The number of nitrogens with one attached hydrogen (secondary N) is 1. The molecule has 1 amide bonds. The fourth-order valence-corrected chi connectivity index (χ4v) is 2.69. The molecule has 0 aliphatic carbocycles. The van der Waals surface area contributed by atoms with Crippen molar-refractivity contribution in [2.24, 2.45) is 0 Å². The van der Waals surface area contributed by atoms with Gasteiger partial charge in [-0.05, 0) is 36.8 Å². The van der Waals surface area contributed by atoms with E-state index < -0.39 is 6.09 Å². The third-order valence-electron chi connectivity index (χ3n) is 4.04. The normalized spacial score (nSPS) is 12.0. The van der Waals surface area contributed by atoms with E-state index >= 15 is 0 Å². The van der Waals surface area contributed by atoms with Gasteiger partial charge < -0.3 is 19.5 Å². The molecule has 0 radical (unpaired) electrons. The highest BCUT2D eigenvalue weighted by molar-refractivity contribution is 5.70. The molecule has 0 atom stereocenters. The summed E-state index contributed by atoms with van der Waals surface area (Å²) in [5, 5.41) is 7.00. The van der Waals surface area contributed by atoms with E-state index in [1.807, 2.05) is 55.5 Å². The standard InChI is InChI=1S/C19H17N3O4/c1-13-18(11-21-22(13)15-5-3-2-4-6-15)26-19(23)20-10-14-7-8-16-17(9-14)25-12-24-16/h2-9,11H,10,12H2,1H3,(H,20,23). The highest BCUT2D eigenvalue weighted by Crippen LogP contribution is 2.32. The minimum Gasteiger partial charge on any atom is -0.454 e. The summed E-state index contributed by atoms with van der Waals surface area (Å²) in [4.78, 5) is 12.1. The molecule has 0 fully saturated rings. The number of rotatable bonds is 4. The summed E-state index contributed by atoms with van der Waals surface area (Å²) in [6.07, 6.45) is 0.987. The van der Waals surface area contributed by atoms with Crippen molar-refractivity contribution in [1.82, 2.24) is 15.1 Å². The molecule has 1 aromatic heterocycles. The SMILES string of the molecule is Cc1c(OC(=O)NCc2ccc3c(c2)OCO3)cnn1-c1ccccc1. The lowest BCUT2D eigenvalue weighted by molar-refractivity contribution is 0.174. The second-order valence-electron chi connectivity index (χ2n) is 5.77. The number of carbonyl (C=O) groups is 1. The highest BCUT2D eigenvalue weighted by Gasteiger charge is 2.15. The van der Waals surface area contributed by atoms with Gasteiger partial charge in [0.05, 0.1) is 17.6 Å². The Morgan fingerprint density at radius 1 is 1.19 bits per heavy atom. The molecule has 1 aliphatic rings. The van der Waals surface area contributed by atoms with Gasteiger partial charge in [0.25, 0.3) is 0 Å². The van der Waals surface area contributed by atoms with E-state index in [-0.39, 0.29) is 6.79 Å². The molecule has 7 nitrogen and oxygen atoms in total. The summed E-state index contributed by atoms with van der Waals surface area (Å²) < 4.78 is 17.7. The second-order valence-corrected chi connectivity index (χ2v) is 5.77. The Hall–Kier alpha value is -3.48. The summed E-state index contributed by atoms with van der Waals surface area (Å²) in [5.41, 5.74) is 2.54. The van der Waals surface area contributed by atoms with Gasteiger partial charge in [-0.1, -0.05) is 24.3 Å². The number of aromatic nitrogens is 2. The first kappa shape index (κ1) is 16.0. The Balaban J connectivity index is 1.39. The third kappa shape index (κ3) is 3.19. The monoisotopic (exact) mass is 351 g/mol. The number of hydrogen-bond acceptors (Lipinski definition) is 5. The Labute approximate surface area is 150 Å². The number of hydrogen-bond donors (Lipinski definition) is 1. The first-order valence-corrected chi connectivity index (χ1v) is 8.15. The van der Waals surface area contributed by atoms with Crippen LogP contribution >= 0.6 is 0 Å². The van der Waals surface area contributed by atoms with Crippen LogP contribution in [0.2, 0.25) is 0 Å². The van der Waals surface area contributed by atoms with E-state index in [1.165, 1.54) is 6.20 Å². The Bertz CT molecular complexity index is 937. The van der Waals surface area contributed by atoms with E-state index in [1.54, 1.807) is 4.68 Å². The van der Waals surface area contributed by atoms with E-state index in [4.69, 9.17) is 14.2 Å². The van der Waals surface area contributed by atoms with Crippen LogP contribution in [0.15, 0.2) is 54.7 Å². The van der Waals surface area contributed by atoms with E-state index in [9.17, 15) is 4.79 Å². The Morgan fingerprint density at radius 2 is 2.00 bits per heavy atom. The number of fused-ring (bicyclic) bond motifs is 1. The lowest BCUT2D eigenvalue weighted by Gasteiger charge is -2.08. The summed E-state index contributed by atoms with van der Waals surface area (Å²) in [6, 6.07) is 15.2. The topological polar surface area (TPSA) is 74.6 Å². The van der Waals surface area contributed by atoms with Crippen LogP contribution in [0.4, 0.5) is 4.79 Å². The van der Waals surface area contributed by atoms with Gasteiger partial charge in [-0.3, -0.25) is 0 Å². The number of amides is 1. The number of nitrogens with zero attached hydrogens (tertiary/aromatic N) is 2. The largest absolute Gasteiger partial charge is 0.454 e. The van der Waals surface area contributed by atoms with Gasteiger partial charge in [-0.25, -0.2) is 9.48 Å². The van der Waals surface area contributed by atoms with Gasteiger partial charge in [0.2, 0.25) is 6.79 Å². The molecule has 3 aromatic rings. The minimum atomic E-state index is -0.543. The molecule has 0 saturated heterocycles. The lowest BCUT2D eigenvalue weighted by Crippen LogP contribution is -2.26. The van der Waals surface area contributed by atoms with Gasteiger partial charge in [0.1, 0.15) is 0 Å². The number of carbonyl (C=O) groups excluding carboxylic acids is 1. The molecule has 1 aliphatic heterocycles. The smallest absolute Gasteiger partial charge is 0.412 e. The number of benzene rings is 2. The van der Waals surface area contributed by atoms with Crippen LogP contribution in [-0.2, 0) is 6.54 Å². The maximum atomic E-state index is 12.1. The number of ether oxygens (including phenoxy) is 3. The molecule has 26 heavy (non-hydrogen) atoms. The van der Waals surface area contributed by atoms with Crippen LogP contribution in [0.1, 0.15) is 11.3 Å². The van der Waals surface area contributed by atoms with Crippen LogP contribution < -0.4 is 19.5 Å². The molecular weight excluding hydrogens is 334 g/mol. The average molecular weight is 351 g/mol. The Morgan fingerprint density at radius 3 is 2.85 bits per heavy atom. The average Bonchev–Trinajstić information content (AvgIpc) is 3.27. The van der Waals surface area contributed by atoms with Gasteiger partial charge in [0.15, 0.2) is 17.2 Å². The van der Waals surface area contributed by atoms with Crippen molar-refractivity contribution in [2.75, 3.05) is 6.79 Å². The van der Waals surface area contributed by atoms with Gasteiger partial charge in [0, 0.05) is 6.54 Å². The lowest BCUT2D eigenvalue weighted by atomic mass is 10.2. The predicted molar refractivity (Wildman–Crippen MR) is 93.7 cm³/mol. The molecule has 7 heteroatoms. The second kappa shape index (κ2) is 6.79. The molecule has 0 spiro atoms. The van der Waals surface area contributed by atoms with Gasteiger partial charge in [-0.2, -0.15) is 5.10 Å². The summed E-state index contributed by atoms with van der Waals surface area (Å²) in [5.74, 6) is 1.80. The summed E-state index contributed by atoms with van der Waals surface area (Å²) >= 11 is 0. The zero-order valence-electron chi connectivity index (χ0n) is 14.1. The van der Waals surface area contributed by atoms with Crippen LogP contribution in [0.25, 0.3) is 5.69 Å². The van der Waals surface area contributed by atoms with Crippen LogP contribution in [0, 0.1) is 6.92 Å². The molecule has 0 bridgehead atoms. The number of para-hydroxylation sites is 1. The van der Waals surface area contributed by atoms with E-state index in [0.29, 0.717) is 23.8 Å². The van der Waals surface area contributed by atoms with Crippen molar-refractivity contribution in [3.8, 4) is 22.9 Å². The maximum absolute atomic E-state index is 12.1. The first-order chi connectivity index (χ1) is 12.7. The molecule has 0 saturated carbocycles. The van der Waals surface area contributed by atoms with Crippen molar-refractivity contribution in [3.05, 3.63) is 66.0 Å². The van der Waals surface area contributed by atoms with Crippen molar-refractivity contribution in [2.45, 2.75) is 13.5 Å². The van der Waals surface area contributed by atoms with Crippen molar-refractivity contribution in [3.63, 3.8) is 0 Å². The third-order valence-corrected chi connectivity index (χ3v) is 4.04. The molecule has 4 rings (SSSR count). The predicted octanol–water partition coefficient (Wildman–Crippen LogP) is 3.20. The van der Waals surface area contributed by atoms with Crippen LogP contribution in [-0.4, -0.2) is 22.7 Å². The van der Waals surface area contributed by atoms with Gasteiger partial charge >= 0.3 is 6.09 Å². The summed E-state index contributed by atoms with van der Waals surface area (Å²) in [7, 11) is 0. The fourth-order valence-electron chi connectivity index (χ4n) is 2.69. The molecule has 2 heterocycles. The van der Waals surface area contributed by atoms with Crippen LogP contribution in [0.3, 0.4) is 0 Å². The van der Waals surface area contributed by atoms with E-state index in [2.05, 4.69) is 10.4 Å². The van der Waals surface area contributed by atoms with Crippen molar-refractivity contribution in [1.29, 1.82) is 0 Å². The summed E-state index contributed by atoms with van der Waals surface area (Å²) in [6.45, 7) is 2.39. The quantitative estimate of drug-likeness (QED) is 0.781. The van der Waals surface area contributed by atoms with Crippen LogP contribution in [0.5, 0.6) is 17.2 Å². The van der Waals surface area contributed by atoms with Crippen molar-refractivity contribution < 1.29 is 19.0 Å². The fraction of sp³-hybridized carbons (Fsp3) is 0.158. The molecule has 2 aromatic carbocycles.